The Bertz CT molecular complexity index is 182. The summed E-state index contributed by atoms with van der Waals surface area (Å²) in [6.45, 7) is 2.27. The SMILES string of the molecule is CCCCCCCCCCCCCC(OC)(OC)OC. The normalized spacial score (nSPS) is 12.0. The van der Waals surface area contributed by atoms with Gasteiger partial charge in [0.05, 0.1) is 0 Å². The topological polar surface area (TPSA) is 27.7 Å². The second kappa shape index (κ2) is 13.8. The smallest absolute Gasteiger partial charge is 0.282 e. The largest absolute Gasteiger partial charge is 0.331 e. The highest BCUT2D eigenvalue weighted by Crippen LogP contribution is 2.21. The first-order chi connectivity index (χ1) is 9.74. The summed E-state index contributed by atoms with van der Waals surface area (Å²) < 4.78 is 15.9. The molecule has 0 aromatic heterocycles. The van der Waals surface area contributed by atoms with Gasteiger partial charge in [0.2, 0.25) is 0 Å². The molecule has 0 aliphatic rings. The van der Waals surface area contributed by atoms with Gasteiger partial charge >= 0.3 is 0 Å². The lowest BCUT2D eigenvalue weighted by atomic mass is 10.0. The zero-order valence-electron chi connectivity index (χ0n) is 14.2. The summed E-state index contributed by atoms with van der Waals surface area (Å²) in [5, 5.41) is 0. The van der Waals surface area contributed by atoms with E-state index in [2.05, 4.69) is 6.92 Å². The zero-order valence-corrected chi connectivity index (χ0v) is 14.2. The second-order valence-electron chi connectivity index (χ2n) is 5.58. The van der Waals surface area contributed by atoms with E-state index in [9.17, 15) is 0 Å². The van der Waals surface area contributed by atoms with Crippen molar-refractivity contribution in [3.8, 4) is 0 Å². The van der Waals surface area contributed by atoms with Gasteiger partial charge in [-0.25, -0.2) is 0 Å². The molecular weight excluding hydrogens is 252 g/mol. The Hall–Kier alpha value is -0.120. The molecule has 0 saturated carbocycles. The van der Waals surface area contributed by atoms with Gasteiger partial charge < -0.3 is 14.2 Å². The zero-order chi connectivity index (χ0) is 15.1. The molecule has 122 valence electrons. The lowest BCUT2D eigenvalue weighted by Gasteiger charge is -2.28. The Morgan fingerprint density at radius 1 is 0.550 bits per heavy atom. The molecule has 0 N–H and O–H groups in total. The Morgan fingerprint density at radius 2 is 0.900 bits per heavy atom. The minimum absolute atomic E-state index is 0.799. The van der Waals surface area contributed by atoms with Gasteiger partial charge in [0.25, 0.3) is 5.97 Å². The van der Waals surface area contributed by atoms with Crippen LogP contribution in [0.1, 0.15) is 84.0 Å². The number of unbranched alkanes of at least 4 members (excludes halogenated alkanes) is 10. The van der Waals surface area contributed by atoms with Crippen molar-refractivity contribution in [2.24, 2.45) is 0 Å². The number of hydrogen-bond acceptors (Lipinski definition) is 3. The van der Waals surface area contributed by atoms with Crippen molar-refractivity contribution in [2.75, 3.05) is 21.3 Å². The highest BCUT2D eigenvalue weighted by atomic mass is 16.9. The Morgan fingerprint density at radius 3 is 1.25 bits per heavy atom. The second-order valence-corrected chi connectivity index (χ2v) is 5.58. The minimum atomic E-state index is -0.834. The molecule has 3 heteroatoms. The first-order valence-electron chi connectivity index (χ1n) is 8.40. The van der Waals surface area contributed by atoms with Gasteiger partial charge in [-0.05, 0) is 6.42 Å². The van der Waals surface area contributed by atoms with Crippen molar-refractivity contribution in [2.45, 2.75) is 89.9 Å². The van der Waals surface area contributed by atoms with Crippen LogP contribution in [0.4, 0.5) is 0 Å². The predicted octanol–water partition coefficient (Wildman–Crippen LogP) is 5.28. The van der Waals surface area contributed by atoms with Gasteiger partial charge in [0, 0.05) is 27.8 Å². The highest BCUT2D eigenvalue weighted by molar-refractivity contribution is 4.56. The fraction of sp³-hybridized carbons (Fsp3) is 1.00. The standard InChI is InChI=1S/C17H36O3/c1-5-6-7-8-9-10-11-12-13-14-15-16-17(18-2,19-3)20-4/h5-16H2,1-4H3. The summed E-state index contributed by atoms with van der Waals surface area (Å²) in [4.78, 5) is 0. The number of rotatable bonds is 15. The molecule has 0 rings (SSSR count). The molecule has 0 aromatic rings. The highest BCUT2D eigenvalue weighted by Gasteiger charge is 2.28. The molecule has 0 radical (unpaired) electrons. The Labute approximate surface area is 126 Å². The van der Waals surface area contributed by atoms with E-state index in [4.69, 9.17) is 14.2 Å². The van der Waals surface area contributed by atoms with Crippen LogP contribution in [0.5, 0.6) is 0 Å². The van der Waals surface area contributed by atoms with Crippen LogP contribution in [0.2, 0.25) is 0 Å². The van der Waals surface area contributed by atoms with Gasteiger partial charge in [-0.3, -0.25) is 0 Å². The molecule has 0 amide bonds. The monoisotopic (exact) mass is 288 g/mol. The summed E-state index contributed by atoms with van der Waals surface area (Å²) in [5.41, 5.74) is 0. The fourth-order valence-corrected chi connectivity index (χ4v) is 2.56. The molecule has 0 bridgehead atoms. The van der Waals surface area contributed by atoms with Crippen LogP contribution >= 0.6 is 0 Å². The summed E-state index contributed by atoms with van der Waals surface area (Å²) in [6, 6.07) is 0. The van der Waals surface area contributed by atoms with E-state index < -0.39 is 5.97 Å². The molecule has 0 heterocycles. The molecule has 3 nitrogen and oxygen atoms in total. The third kappa shape index (κ3) is 9.73. The van der Waals surface area contributed by atoms with E-state index in [1.54, 1.807) is 21.3 Å². The van der Waals surface area contributed by atoms with E-state index >= 15 is 0 Å². The fourth-order valence-electron chi connectivity index (χ4n) is 2.56. The third-order valence-corrected chi connectivity index (χ3v) is 4.02. The van der Waals surface area contributed by atoms with Crippen LogP contribution in [-0.2, 0) is 14.2 Å². The molecule has 0 aromatic carbocycles. The van der Waals surface area contributed by atoms with Gasteiger partial charge in [-0.1, -0.05) is 71.1 Å². The van der Waals surface area contributed by atoms with Crippen LogP contribution in [0.3, 0.4) is 0 Å². The summed E-state index contributed by atoms with van der Waals surface area (Å²) in [6.07, 6.45) is 15.6. The van der Waals surface area contributed by atoms with Crippen molar-refractivity contribution in [3.63, 3.8) is 0 Å². The molecule has 0 saturated heterocycles. The molecule has 0 aliphatic heterocycles. The van der Waals surface area contributed by atoms with Crippen LogP contribution in [0, 0.1) is 0 Å². The van der Waals surface area contributed by atoms with Crippen LogP contribution in [0.15, 0.2) is 0 Å². The number of ether oxygens (including phenoxy) is 3. The maximum atomic E-state index is 5.28. The average Bonchev–Trinajstić information content (AvgIpc) is 2.49. The Kier molecular flexibility index (Phi) is 13.8. The van der Waals surface area contributed by atoms with Crippen LogP contribution in [-0.4, -0.2) is 27.3 Å². The van der Waals surface area contributed by atoms with Crippen molar-refractivity contribution in [3.05, 3.63) is 0 Å². The molecule has 0 unspecified atom stereocenters. The van der Waals surface area contributed by atoms with E-state index in [0.29, 0.717) is 0 Å². The molecular formula is C17H36O3. The van der Waals surface area contributed by atoms with Crippen molar-refractivity contribution < 1.29 is 14.2 Å². The average molecular weight is 288 g/mol. The number of hydrogen-bond donors (Lipinski definition) is 0. The van der Waals surface area contributed by atoms with Gasteiger partial charge in [0.15, 0.2) is 0 Å². The maximum Gasteiger partial charge on any atom is 0.282 e. The van der Waals surface area contributed by atoms with E-state index in [-0.39, 0.29) is 0 Å². The van der Waals surface area contributed by atoms with E-state index in [1.165, 1.54) is 64.2 Å². The van der Waals surface area contributed by atoms with Crippen molar-refractivity contribution >= 4 is 0 Å². The van der Waals surface area contributed by atoms with Gasteiger partial charge in [0.1, 0.15) is 0 Å². The first-order valence-corrected chi connectivity index (χ1v) is 8.40. The molecule has 0 atom stereocenters. The summed E-state index contributed by atoms with van der Waals surface area (Å²) >= 11 is 0. The van der Waals surface area contributed by atoms with Crippen LogP contribution < -0.4 is 0 Å². The minimum Gasteiger partial charge on any atom is -0.331 e. The third-order valence-electron chi connectivity index (χ3n) is 4.02. The Balaban J connectivity index is 3.32. The number of methoxy groups -OCH3 is 3. The molecule has 20 heavy (non-hydrogen) atoms. The maximum absolute atomic E-state index is 5.28. The summed E-state index contributed by atoms with van der Waals surface area (Å²) in [5.74, 6) is -0.834. The lowest BCUT2D eigenvalue weighted by molar-refractivity contribution is -0.355. The summed E-state index contributed by atoms with van der Waals surface area (Å²) in [7, 11) is 4.89. The van der Waals surface area contributed by atoms with Crippen molar-refractivity contribution in [1.29, 1.82) is 0 Å². The van der Waals surface area contributed by atoms with Crippen LogP contribution in [0.25, 0.3) is 0 Å². The molecule has 0 spiro atoms. The lowest BCUT2D eigenvalue weighted by Crippen LogP contribution is -2.35. The first kappa shape index (κ1) is 19.9. The van der Waals surface area contributed by atoms with Gasteiger partial charge in [-0.15, -0.1) is 0 Å². The van der Waals surface area contributed by atoms with E-state index in [1.807, 2.05) is 0 Å². The van der Waals surface area contributed by atoms with E-state index in [0.717, 1.165) is 12.8 Å². The predicted molar refractivity (Wildman–Crippen MR) is 84.8 cm³/mol. The quantitative estimate of drug-likeness (QED) is 0.303. The molecule has 0 fully saturated rings. The van der Waals surface area contributed by atoms with Gasteiger partial charge in [-0.2, -0.15) is 0 Å². The van der Waals surface area contributed by atoms with Crippen molar-refractivity contribution in [1.82, 2.24) is 0 Å². The molecule has 0 aliphatic carbocycles.